The minimum absolute atomic E-state index is 0.115. The number of hydrogen-bond acceptors (Lipinski definition) is 5. The van der Waals surface area contributed by atoms with E-state index in [1.165, 1.54) is 0 Å². The maximum absolute atomic E-state index is 12.7. The molecule has 0 aromatic carbocycles. The molecule has 0 aliphatic carbocycles. The van der Waals surface area contributed by atoms with Gasteiger partial charge in [0.25, 0.3) is 0 Å². The van der Waals surface area contributed by atoms with E-state index in [-0.39, 0.29) is 11.9 Å². The Bertz CT molecular complexity index is 540. The number of nitrogens with one attached hydrogen (secondary N) is 2. The topological polar surface area (TPSA) is 75.1 Å². The van der Waals surface area contributed by atoms with E-state index >= 15 is 0 Å². The first-order chi connectivity index (χ1) is 10.6. The third kappa shape index (κ3) is 2.87. The SMILES string of the molecule is CCCC1CC(C(=O)N2CCn3c(nnc3C(C)C)C2)NN1. The second kappa shape index (κ2) is 6.34. The standard InChI is InChI=1S/C15H26N6O/c1-4-5-11-8-12(17-16-11)15(22)20-6-7-21-13(9-20)18-19-14(21)10(2)3/h10-12,16-17H,4-9H2,1-3H3. The highest BCUT2D eigenvalue weighted by Gasteiger charge is 2.34. The lowest BCUT2D eigenvalue weighted by molar-refractivity contribution is -0.134. The number of hydrazine groups is 1. The molecule has 1 fully saturated rings. The molecule has 2 N–H and O–H groups in total. The summed E-state index contributed by atoms with van der Waals surface area (Å²) in [7, 11) is 0. The van der Waals surface area contributed by atoms with Crippen molar-refractivity contribution in [3.63, 3.8) is 0 Å². The zero-order valence-electron chi connectivity index (χ0n) is 13.7. The van der Waals surface area contributed by atoms with Crippen LogP contribution in [-0.4, -0.2) is 44.2 Å². The van der Waals surface area contributed by atoms with E-state index in [9.17, 15) is 4.79 Å². The van der Waals surface area contributed by atoms with Gasteiger partial charge in [-0.05, 0) is 12.8 Å². The van der Waals surface area contributed by atoms with Crippen LogP contribution in [0.5, 0.6) is 0 Å². The van der Waals surface area contributed by atoms with Gasteiger partial charge < -0.3 is 9.47 Å². The average Bonchev–Trinajstić information content (AvgIpc) is 3.12. The maximum Gasteiger partial charge on any atom is 0.241 e. The van der Waals surface area contributed by atoms with Crippen LogP contribution in [0.4, 0.5) is 0 Å². The Kier molecular flexibility index (Phi) is 4.44. The average molecular weight is 306 g/mol. The van der Waals surface area contributed by atoms with Crippen molar-refractivity contribution in [1.29, 1.82) is 0 Å². The molecule has 0 radical (unpaired) electrons. The molecule has 3 heterocycles. The first kappa shape index (κ1) is 15.4. The van der Waals surface area contributed by atoms with E-state index in [2.05, 4.69) is 46.4 Å². The molecule has 2 unspecified atom stereocenters. The van der Waals surface area contributed by atoms with Gasteiger partial charge in [-0.25, -0.2) is 5.43 Å². The second-order valence-corrected chi connectivity index (χ2v) is 6.60. The molecule has 7 nitrogen and oxygen atoms in total. The molecule has 0 bridgehead atoms. The van der Waals surface area contributed by atoms with E-state index in [1.807, 2.05) is 4.90 Å². The quantitative estimate of drug-likeness (QED) is 0.860. The molecule has 7 heteroatoms. The molecule has 2 aliphatic heterocycles. The van der Waals surface area contributed by atoms with Gasteiger partial charge in [-0.3, -0.25) is 10.2 Å². The Balaban J connectivity index is 1.64. The summed E-state index contributed by atoms with van der Waals surface area (Å²) in [6.07, 6.45) is 3.10. The Morgan fingerprint density at radius 2 is 2.14 bits per heavy atom. The van der Waals surface area contributed by atoms with E-state index in [0.29, 0.717) is 18.5 Å². The normalized spacial score (nSPS) is 24.8. The van der Waals surface area contributed by atoms with Gasteiger partial charge in [-0.2, -0.15) is 0 Å². The van der Waals surface area contributed by atoms with Crippen LogP contribution in [0.2, 0.25) is 0 Å². The maximum atomic E-state index is 12.7. The lowest BCUT2D eigenvalue weighted by Gasteiger charge is -2.30. The molecule has 2 atom stereocenters. The van der Waals surface area contributed by atoms with Crippen molar-refractivity contribution in [2.24, 2.45) is 0 Å². The van der Waals surface area contributed by atoms with Crippen LogP contribution in [0.25, 0.3) is 0 Å². The molecule has 2 aliphatic rings. The summed E-state index contributed by atoms with van der Waals surface area (Å²) in [5.41, 5.74) is 6.39. The number of carbonyl (C=O) groups is 1. The summed E-state index contributed by atoms with van der Waals surface area (Å²) in [6, 6.07) is 0.288. The number of aromatic nitrogens is 3. The van der Waals surface area contributed by atoms with Crippen molar-refractivity contribution in [3.05, 3.63) is 11.6 Å². The molecule has 3 rings (SSSR count). The second-order valence-electron chi connectivity index (χ2n) is 6.60. The lowest BCUT2D eigenvalue weighted by atomic mass is 10.1. The van der Waals surface area contributed by atoms with E-state index in [0.717, 1.165) is 44.0 Å². The van der Waals surface area contributed by atoms with Crippen LogP contribution in [0, 0.1) is 0 Å². The highest BCUT2D eigenvalue weighted by atomic mass is 16.2. The van der Waals surface area contributed by atoms with Crippen molar-refractivity contribution >= 4 is 5.91 Å². The van der Waals surface area contributed by atoms with Crippen LogP contribution in [-0.2, 0) is 17.9 Å². The molecule has 0 spiro atoms. The van der Waals surface area contributed by atoms with Gasteiger partial charge in [0.05, 0.1) is 6.54 Å². The fourth-order valence-electron chi connectivity index (χ4n) is 3.34. The fraction of sp³-hybridized carbons (Fsp3) is 0.800. The van der Waals surface area contributed by atoms with E-state index < -0.39 is 0 Å². The smallest absolute Gasteiger partial charge is 0.241 e. The molecule has 1 aromatic rings. The molecule has 1 saturated heterocycles. The van der Waals surface area contributed by atoms with Gasteiger partial charge in [-0.15, -0.1) is 10.2 Å². The molecular weight excluding hydrogens is 280 g/mol. The predicted molar refractivity (Wildman–Crippen MR) is 82.9 cm³/mol. The van der Waals surface area contributed by atoms with Gasteiger partial charge in [0.1, 0.15) is 11.9 Å². The number of nitrogens with zero attached hydrogens (tertiary/aromatic N) is 4. The number of fused-ring (bicyclic) bond motifs is 1. The number of hydrogen-bond donors (Lipinski definition) is 2. The number of carbonyl (C=O) groups excluding carboxylic acids is 1. The Morgan fingerprint density at radius 3 is 2.86 bits per heavy atom. The Hall–Kier alpha value is -1.47. The first-order valence-corrected chi connectivity index (χ1v) is 8.32. The summed E-state index contributed by atoms with van der Waals surface area (Å²) >= 11 is 0. The van der Waals surface area contributed by atoms with Gasteiger partial charge in [0.15, 0.2) is 5.82 Å². The molecule has 0 saturated carbocycles. The van der Waals surface area contributed by atoms with Crippen LogP contribution in [0.1, 0.15) is 57.6 Å². The van der Waals surface area contributed by atoms with Crippen molar-refractivity contribution in [2.75, 3.05) is 6.54 Å². The minimum atomic E-state index is -0.115. The zero-order chi connectivity index (χ0) is 15.7. The third-order valence-electron chi connectivity index (χ3n) is 4.53. The Morgan fingerprint density at radius 1 is 1.32 bits per heavy atom. The van der Waals surface area contributed by atoms with Gasteiger partial charge >= 0.3 is 0 Å². The van der Waals surface area contributed by atoms with Crippen LogP contribution in [0.3, 0.4) is 0 Å². The monoisotopic (exact) mass is 306 g/mol. The van der Waals surface area contributed by atoms with Crippen molar-refractivity contribution < 1.29 is 4.79 Å². The summed E-state index contributed by atoms with van der Waals surface area (Å²) in [4.78, 5) is 14.6. The van der Waals surface area contributed by atoms with E-state index in [1.54, 1.807) is 0 Å². The van der Waals surface area contributed by atoms with Crippen LogP contribution >= 0.6 is 0 Å². The van der Waals surface area contributed by atoms with E-state index in [4.69, 9.17) is 0 Å². The fourth-order valence-corrected chi connectivity index (χ4v) is 3.34. The largest absolute Gasteiger partial charge is 0.332 e. The minimum Gasteiger partial charge on any atom is -0.332 e. The third-order valence-corrected chi connectivity index (χ3v) is 4.53. The molecule has 1 aromatic heterocycles. The zero-order valence-corrected chi connectivity index (χ0v) is 13.7. The first-order valence-electron chi connectivity index (χ1n) is 8.32. The summed E-state index contributed by atoms with van der Waals surface area (Å²) in [5, 5.41) is 8.54. The summed E-state index contributed by atoms with van der Waals surface area (Å²) in [6.45, 7) is 8.50. The molecule has 22 heavy (non-hydrogen) atoms. The predicted octanol–water partition coefficient (Wildman–Crippen LogP) is 0.779. The molecule has 1 amide bonds. The van der Waals surface area contributed by atoms with Crippen molar-refractivity contribution in [3.8, 4) is 0 Å². The van der Waals surface area contributed by atoms with Crippen molar-refractivity contribution in [1.82, 2.24) is 30.5 Å². The highest BCUT2D eigenvalue weighted by Crippen LogP contribution is 2.20. The number of rotatable bonds is 4. The number of amides is 1. The van der Waals surface area contributed by atoms with Gasteiger partial charge in [0, 0.05) is 25.0 Å². The highest BCUT2D eigenvalue weighted by molar-refractivity contribution is 5.82. The van der Waals surface area contributed by atoms with Gasteiger partial charge in [-0.1, -0.05) is 27.2 Å². The van der Waals surface area contributed by atoms with Crippen LogP contribution in [0.15, 0.2) is 0 Å². The molecular formula is C15H26N6O. The lowest BCUT2D eigenvalue weighted by Crippen LogP contribution is -2.48. The molecule has 122 valence electrons. The summed E-state index contributed by atoms with van der Waals surface area (Å²) in [5.74, 6) is 2.45. The van der Waals surface area contributed by atoms with Gasteiger partial charge in [0.2, 0.25) is 5.91 Å². The Labute approximate surface area is 131 Å². The van der Waals surface area contributed by atoms with Crippen LogP contribution < -0.4 is 10.9 Å². The van der Waals surface area contributed by atoms with Crippen molar-refractivity contribution in [2.45, 2.75) is 71.1 Å². The summed E-state index contributed by atoms with van der Waals surface area (Å²) < 4.78 is 2.16.